The van der Waals surface area contributed by atoms with Gasteiger partial charge < -0.3 is 4.74 Å². The minimum atomic E-state index is -5.99. The molecule has 0 spiro atoms. The van der Waals surface area contributed by atoms with E-state index in [2.05, 4.69) is 0 Å². The SMILES string of the molecule is O=S(=O)(N=S(=O)(O)CCOCCc1ccsc1)C(F)(F)F. The van der Waals surface area contributed by atoms with Gasteiger partial charge in [-0.2, -0.15) is 32.9 Å². The molecule has 122 valence electrons. The molecule has 1 atom stereocenters. The minimum absolute atomic E-state index is 0.193. The largest absolute Gasteiger partial charge is 0.519 e. The molecule has 0 radical (unpaired) electrons. The van der Waals surface area contributed by atoms with E-state index < -0.39 is 31.3 Å². The summed E-state index contributed by atoms with van der Waals surface area (Å²) in [5, 5.41) is 3.74. The van der Waals surface area contributed by atoms with Crippen LogP contribution in [0.2, 0.25) is 0 Å². The van der Waals surface area contributed by atoms with Crippen molar-refractivity contribution in [1.29, 1.82) is 0 Å². The van der Waals surface area contributed by atoms with Gasteiger partial charge in [0, 0.05) is 0 Å². The second kappa shape index (κ2) is 7.05. The van der Waals surface area contributed by atoms with Crippen LogP contribution in [0.4, 0.5) is 13.2 Å². The van der Waals surface area contributed by atoms with E-state index in [4.69, 9.17) is 9.29 Å². The molecule has 0 aliphatic carbocycles. The highest BCUT2D eigenvalue weighted by Gasteiger charge is 2.47. The predicted octanol–water partition coefficient (Wildman–Crippen LogP) is 2.10. The van der Waals surface area contributed by atoms with Crippen molar-refractivity contribution < 1.29 is 35.1 Å². The van der Waals surface area contributed by atoms with Crippen LogP contribution < -0.4 is 0 Å². The number of thiophene rings is 1. The Hall–Kier alpha value is -0.690. The summed E-state index contributed by atoms with van der Waals surface area (Å²) in [5.41, 5.74) is -4.70. The Bertz CT molecular complexity index is 659. The van der Waals surface area contributed by atoms with Gasteiger partial charge in [0.2, 0.25) is 0 Å². The number of alkyl halides is 3. The number of nitrogens with zero attached hydrogens (tertiary/aromatic N) is 1. The summed E-state index contributed by atoms with van der Waals surface area (Å²) in [6, 6.07) is 1.86. The fourth-order valence-corrected chi connectivity index (χ4v) is 4.03. The maximum absolute atomic E-state index is 12.0. The summed E-state index contributed by atoms with van der Waals surface area (Å²) < 4.78 is 84.7. The number of hydrogen-bond donors (Lipinski definition) is 1. The normalized spacial score (nSPS) is 15.6. The van der Waals surface area contributed by atoms with Crippen LogP contribution in [-0.2, 0) is 31.2 Å². The van der Waals surface area contributed by atoms with Crippen LogP contribution in [0.5, 0.6) is 0 Å². The fourth-order valence-electron chi connectivity index (χ4n) is 1.13. The molecule has 0 saturated heterocycles. The van der Waals surface area contributed by atoms with Crippen molar-refractivity contribution in [3.63, 3.8) is 0 Å². The van der Waals surface area contributed by atoms with Gasteiger partial charge in [0.25, 0.3) is 0 Å². The summed E-state index contributed by atoms with van der Waals surface area (Å²) in [5.74, 6) is -0.827. The third-order valence-electron chi connectivity index (χ3n) is 2.12. The first-order valence-corrected chi connectivity index (χ1v) is 9.44. The van der Waals surface area contributed by atoms with Crippen LogP contribution in [0.25, 0.3) is 0 Å². The summed E-state index contributed by atoms with van der Waals surface area (Å²) in [7, 11) is -10.5. The summed E-state index contributed by atoms with van der Waals surface area (Å²) in [6.45, 7) is -0.186. The van der Waals surface area contributed by atoms with Gasteiger partial charge in [0.1, 0.15) is 0 Å². The molecule has 0 amide bonds. The Labute approximate surface area is 124 Å². The standard InChI is InChI=1S/C9H12F3NO5S3/c10-9(11,12)21(16,17)13-20(14,15)6-4-18-3-1-8-2-5-19-7-8/h2,5,7H,1,3-4,6H2,(H,13,14,15). The van der Waals surface area contributed by atoms with Crippen LogP contribution in [0.15, 0.2) is 20.6 Å². The molecular weight excluding hydrogens is 355 g/mol. The molecule has 0 aliphatic heterocycles. The molecule has 1 heterocycles. The minimum Gasteiger partial charge on any atom is -0.380 e. The highest BCUT2D eigenvalue weighted by Crippen LogP contribution is 2.25. The molecular formula is C9H12F3NO5S3. The van der Waals surface area contributed by atoms with Gasteiger partial charge in [-0.25, -0.2) is 4.21 Å². The van der Waals surface area contributed by atoms with Gasteiger partial charge in [-0.05, 0) is 28.8 Å². The van der Waals surface area contributed by atoms with Crippen molar-refractivity contribution in [2.45, 2.75) is 11.9 Å². The maximum Gasteiger partial charge on any atom is 0.519 e. The molecule has 1 rings (SSSR count). The molecule has 0 aromatic carbocycles. The van der Waals surface area contributed by atoms with Gasteiger partial charge in [0.15, 0.2) is 10.0 Å². The van der Waals surface area contributed by atoms with E-state index in [0.717, 1.165) is 5.56 Å². The molecule has 0 bridgehead atoms. The third-order valence-corrected chi connectivity index (χ3v) is 5.85. The van der Waals surface area contributed by atoms with E-state index in [-0.39, 0.29) is 13.2 Å². The molecule has 6 nitrogen and oxygen atoms in total. The number of ether oxygens (including phenoxy) is 1. The Balaban J connectivity index is 2.48. The molecule has 0 fully saturated rings. The molecule has 21 heavy (non-hydrogen) atoms. The van der Waals surface area contributed by atoms with Crippen molar-refractivity contribution in [2.24, 2.45) is 3.77 Å². The molecule has 1 unspecified atom stereocenters. The molecule has 12 heteroatoms. The van der Waals surface area contributed by atoms with Crippen molar-refractivity contribution in [3.8, 4) is 0 Å². The summed E-state index contributed by atoms with van der Waals surface area (Å²) >= 11 is 1.49. The zero-order valence-electron chi connectivity index (χ0n) is 10.4. The average Bonchev–Trinajstić information content (AvgIpc) is 2.78. The first kappa shape index (κ1) is 18.4. The Morgan fingerprint density at radius 1 is 1.29 bits per heavy atom. The van der Waals surface area contributed by atoms with Crippen molar-refractivity contribution >= 4 is 31.4 Å². The molecule has 1 aromatic rings. The van der Waals surface area contributed by atoms with Crippen LogP contribution >= 0.6 is 11.3 Å². The van der Waals surface area contributed by atoms with E-state index in [1.54, 1.807) is 0 Å². The van der Waals surface area contributed by atoms with Crippen LogP contribution in [0.3, 0.4) is 0 Å². The topological polar surface area (TPSA) is 93.0 Å². The Morgan fingerprint density at radius 2 is 1.95 bits per heavy atom. The average molecular weight is 367 g/mol. The lowest BCUT2D eigenvalue weighted by atomic mass is 10.3. The molecule has 1 N–H and O–H groups in total. The van der Waals surface area contributed by atoms with Gasteiger partial charge in [-0.3, -0.25) is 4.55 Å². The van der Waals surface area contributed by atoms with Gasteiger partial charge in [-0.15, -0.1) is 0 Å². The van der Waals surface area contributed by atoms with Crippen molar-refractivity contribution in [1.82, 2.24) is 0 Å². The number of hydrogen-bond acceptors (Lipinski definition) is 5. The number of sulfonamides is 1. The Morgan fingerprint density at radius 3 is 2.48 bits per heavy atom. The molecule has 1 aromatic heterocycles. The van der Waals surface area contributed by atoms with Gasteiger partial charge >= 0.3 is 15.5 Å². The maximum atomic E-state index is 12.0. The smallest absolute Gasteiger partial charge is 0.380 e. The lowest BCUT2D eigenvalue weighted by Gasteiger charge is -2.06. The quantitative estimate of drug-likeness (QED) is 0.745. The lowest BCUT2D eigenvalue weighted by molar-refractivity contribution is -0.0435. The zero-order valence-corrected chi connectivity index (χ0v) is 12.9. The molecule has 0 aliphatic rings. The number of halogens is 3. The fraction of sp³-hybridized carbons (Fsp3) is 0.556. The second-order valence-corrected chi connectivity index (χ2v) is 8.21. The van der Waals surface area contributed by atoms with E-state index in [0.29, 0.717) is 6.42 Å². The lowest BCUT2D eigenvalue weighted by Crippen LogP contribution is -2.23. The monoisotopic (exact) mass is 367 g/mol. The van der Waals surface area contributed by atoms with E-state index in [9.17, 15) is 25.8 Å². The first-order valence-electron chi connectivity index (χ1n) is 5.42. The Kier molecular flexibility index (Phi) is 6.16. The van der Waals surface area contributed by atoms with E-state index in [1.807, 2.05) is 20.6 Å². The van der Waals surface area contributed by atoms with E-state index in [1.165, 1.54) is 11.3 Å². The van der Waals surface area contributed by atoms with Crippen LogP contribution in [0.1, 0.15) is 5.56 Å². The second-order valence-electron chi connectivity index (χ2n) is 3.80. The zero-order chi connectivity index (χ0) is 16.1. The van der Waals surface area contributed by atoms with Gasteiger partial charge in [-0.1, -0.05) is 3.77 Å². The van der Waals surface area contributed by atoms with Crippen molar-refractivity contribution in [3.05, 3.63) is 22.4 Å². The highest BCUT2D eigenvalue weighted by atomic mass is 32.3. The predicted molar refractivity (Wildman–Crippen MR) is 71.9 cm³/mol. The third kappa shape index (κ3) is 6.30. The molecule has 0 saturated carbocycles. The highest BCUT2D eigenvalue weighted by molar-refractivity contribution is 8.01. The van der Waals surface area contributed by atoms with Crippen molar-refractivity contribution in [2.75, 3.05) is 19.0 Å². The first-order chi connectivity index (χ1) is 9.54. The van der Waals surface area contributed by atoms with Crippen LogP contribution in [0, 0.1) is 0 Å². The summed E-state index contributed by atoms with van der Waals surface area (Å²) in [4.78, 5) is 0. The van der Waals surface area contributed by atoms with Gasteiger partial charge in [0.05, 0.1) is 19.0 Å². The summed E-state index contributed by atoms with van der Waals surface area (Å²) in [6.07, 6.45) is 0.536. The van der Waals surface area contributed by atoms with Crippen LogP contribution in [-0.4, -0.2) is 41.7 Å². The number of rotatable bonds is 7. The van der Waals surface area contributed by atoms with E-state index >= 15 is 0 Å².